The Hall–Kier alpha value is -1.26. The van der Waals surface area contributed by atoms with Crippen molar-refractivity contribution >= 4 is 23.2 Å². The van der Waals surface area contributed by atoms with Crippen molar-refractivity contribution in [3.63, 3.8) is 0 Å². The summed E-state index contributed by atoms with van der Waals surface area (Å²) < 4.78 is 6.02. The van der Waals surface area contributed by atoms with Crippen LogP contribution in [0.1, 0.15) is 38.1 Å². The average molecular weight is 311 g/mol. The van der Waals surface area contributed by atoms with Gasteiger partial charge in [0.2, 0.25) is 0 Å². The maximum atomic E-state index is 12.9. The molecule has 1 fully saturated rings. The number of carbonyl (C=O) groups is 1. The zero-order chi connectivity index (χ0) is 15.8. The molecule has 0 radical (unpaired) electrons. The van der Waals surface area contributed by atoms with Crippen LogP contribution in [0, 0.1) is 0 Å². The lowest BCUT2D eigenvalue weighted by molar-refractivity contribution is -0.171. The third kappa shape index (κ3) is 3.69. The van der Waals surface area contributed by atoms with Crippen LogP contribution in [0.5, 0.6) is 0 Å². The van der Waals surface area contributed by atoms with Crippen molar-refractivity contribution in [3.05, 3.63) is 28.8 Å². The molecule has 5 heteroatoms. The number of ether oxygens (including phenoxy) is 1. The number of hydrogen-bond donors (Lipinski definition) is 1. The fourth-order valence-corrected chi connectivity index (χ4v) is 3.19. The predicted molar refractivity (Wildman–Crippen MR) is 86.1 cm³/mol. The molecule has 1 amide bonds. The normalized spacial score (nSPS) is 20.2. The van der Waals surface area contributed by atoms with Gasteiger partial charge in [0.15, 0.2) is 0 Å². The molecule has 1 aliphatic heterocycles. The number of carbonyl (C=O) groups excluding carboxylic acids is 1. The van der Waals surface area contributed by atoms with Crippen LogP contribution in [-0.2, 0) is 4.74 Å². The summed E-state index contributed by atoms with van der Waals surface area (Å²) in [6.07, 6.45) is 0. The fourth-order valence-electron chi connectivity index (χ4n) is 3.01. The molecule has 0 saturated carbocycles. The van der Waals surface area contributed by atoms with Gasteiger partial charge in [-0.05, 0) is 45.9 Å². The Balaban J connectivity index is 2.33. The van der Waals surface area contributed by atoms with Crippen LogP contribution in [0.4, 0.5) is 5.69 Å². The van der Waals surface area contributed by atoms with Crippen LogP contribution in [0.25, 0.3) is 0 Å². The molecular formula is C16H23ClN2O2. The number of anilines is 1. The lowest BCUT2D eigenvalue weighted by Gasteiger charge is -2.47. The van der Waals surface area contributed by atoms with Crippen molar-refractivity contribution in [2.45, 2.75) is 38.9 Å². The van der Waals surface area contributed by atoms with Gasteiger partial charge >= 0.3 is 0 Å². The van der Waals surface area contributed by atoms with Crippen molar-refractivity contribution in [2.24, 2.45) is 0 Å². The molecule has 0 spiro atoms. The number of benzene rings is 1. The van der Waals surface area contributed by atoms with Gasteiger partial charge in [0.05, 0.1) is 16.8 Å². The van der Waals surface area contributed by atoms with Crippen LogP contribution in [0.3, 0.4) is 0 Å². The van der Waals surface area contributed by atoms with Gasteiger partial charge in [-0.25, -0.2) is 0 Å². The number of rotatable bonds is 2. The summed E-state index contributed by atoms with van der Waals surface area (Å²) in [5.74, 6) is -0.0219. The molecule has 21 heavy (non-hydrogen) atoms. The lowest BCUT2D eigenvalue weighted by Crippen LogP contribution is -2.58. The van der Waals surface area contributed by atoms with E-state index < -0.39 is 0 Å². The van der Waals surface area contributed by atoms with E-state index in [0.717, 1.165) is 5.69 Å². The van der Waals surface area contributed by atoms with Crippen molar-refractivity contribution in [2.75, 3.05) is 25.5 Å². The van der Waals surface area contributed by atoms with Crippen LogP contribution in [0.15, 0.2) is 18.2 Å². The number of amides is 1. The molecule has 1 heterocycles. The van der Waals surface area contributed by atoms with Crippen LogP contribution < -0.4 is 5.32 Å². The first-order chi connectivity index (χ1) is 9.63. The molecular weight excluding hydrogens is 288 g/mol. The predicted octanol–water partition coefficient (Wildman–Crippen LogP) is 3.41. The Morgan fingerprint density at radius 3 is 2.33 bits per heavy atom. The Morgan fingerprint density at radius 1 is 1.24 bits per heavy atom. The fraction of sp³-hybridized carbons (Fsp3) is 0.562. The standard InChI is InChI=1S/C16H23ClN2O2/c1-15(2)9-19(10-16(3,4)21-15)14(20)12-8-11(17)6-7-13(12)18-5/h6-8,18H,9-10H2,1-5H3. The molecule has 1 N–H and O–H groups in total. The first-order valence-electron chi connectivity index (χ1n) is 7.10. The summed E-state index contributed by atoms with van der Waals surface area (Å²) in [7, 11) is 1.80. The third-order valence-corrected chi connectivity index (χ3v) is 3.70. The minimum Gasteiger partial charge on any atom is -0.387 e. The highest BCUT2D eigenvalue weighted by atomic mass is 35.5. The van der Waals surface area contributed by atoms with Gasteiger partial charge in [0, 0.05) is 30.8 Å². The molecule has 1 aromatic rings. The molecule has 4 nitrogen and oxygen atoms in total. The van der Waals surface area contributed by atoms with Gasteiger partial charge in [-0.1, -0.05) is 11.6 Å². The summed E-state index contributed by atoms with van der Waals surface area (Å²) >= 11 is 6.05. The van der Waals surface area contributed by atoms with Crippen LogP contribution in [0.2, 0.25) is 5.02 Å². The Labute approximate surface area is 131 Å². The number of nitrogens with one attached hydrogen (secondary N) is 1. The summed E-state index contributed by atoms with van der Waals surface area (Å²) in [4.78, 5) is 14.7. The van der Waals surface area contributed by atoms with Crippen molar-refractivity contribution < 1.29 is 9.53 Å². The summed E-state index contributed by atoms with van der Waals surface area (Å²) in [5.41, 5.74) is 0.649. The van der Waals surface area contributed by atoms with Crippen molar-refractivity contribution in [3.8, 4) is 0 Å². The Bertz CT molecular complexity index is 539. The molecule has 116 valence electrons. The van der Waals surface area contributed by atoms with Crippen LogP contribution in [-0.4, -0.2) is 42.1 Å². The lowest BCUT2D eigenvalue weighted by atomic mass is 9.98. The van der Waals surface area contributed by atoms with Gasteiger partial charge < -0.3 is 15.0 Å². The molecule has 1 saturated heterocycles. The minimum atomic E-state index is -0.365. The topological polar surface area (TPSA) is 41.6 Å². The summed E-state index contributed by atoms with van der Waals surface area (Å²) in [6.45, 7) is 9.14. The van der Waals surface area contributed by atoms with Gasteiger partial charge in [0.25, 0.3) is 5.91 Å². The Morgan fingerprint density at radius 2 is 1.81 bits per heavy atom. The maximum Gasteiger partial charge on any atom is 0.256 e. The monoisotopic (exact) mass is 310 g/mol. The number of morpholine rings is 1. The van der Waals surface area contributed by atoms with Gasteiger partial charge in [-0.3, -0.25) is 4.79 Å². The van der Waals surface area contributed by atoms with E-state index in [1.807, 2.05) is 38.7 Å². The highest BCUT2D eigenvalue weighted by molar-refractivity contribution is 6.31. The van der Waals surface area contributed by atoms with Gasteiger partial charge in [-0.2, -0.15) is 0 Å². The molecule has 1 aromatic carbocycles. The largest absolute Gasteiger partial charge is 0.387 e. The van der Waals surface area contributed by atoms with E-state index in [1.165, 1.54) is 0 Å². The van der Waals surface area contributed by atoms with Crippen molar-refractivity contribution in [1.29, 1.82) is 0 Å². The smallest absolute Gasteiger partial charge is 0.256 e. The first kappa shape index (κ1) is 16.1. The van der Waals surface area contributed by atoms with E-state index >= 15 is 0 Å². The Kier molecular flexibility index (Phi) is 4.22. The third-order valence-electron chi connectivity index (χ3n) is 3.46. The molecule has 0 unspecified atom stereocenters. The summed E-state index contributed by atoms with van der Waals surface area (Å²) in [5, 5.41) is 3.61. The first-order valence-corrected chi connectivity index (χ1v) is 7.48. The molecule has 1 aliphatic rings. The number of halogens is 1. The number of nitrogens with zero attached hydrogens (tertiary/aromatic N) is 1. The second kappa shape index (κ2) is 5.50. The van der Waals surface area contributed by atoms with Crippen molar-refractivity contribution in [1.82, 2.24) is 4.90 Å². The number of hydrogen-bond acceptors (Lipinski definition) is 3. The van der Waals surface area contributed by atoms with Gasteiger partial charge in [-0.15, -0.1) is 0 Å². The van der Waals surface area contributed by atoms with E-state index in [-0.39, 0.29) is 17.1 Å². The summed E-state index contributed by atoms with van der Waals surface area (Å²) in [6, 6.07) is 5.31. The zero-order valence-electron chi connectivity index (χ0n) is 13.3. The van der Waals surface area contributed by atoms with E-state index in [2.05, 4.69) is 5.32 Å². The van der Waals surface area contributed by atoms with E-state index in [4.69, 9.17) is 16.3 Å². The maximum absolute atomic E-state index is 12.9. The molecule has 0 aliphatic carbocycles. The molecule has 2 rings (SSSR count). The SMILES string of the molecule is CNc1ccc(Cl)cc1C(=O)N1CC(C)(C)OC(C)(C)C1. The quantitative estimate of drug-likeness (QED) is 0.910. The van der Waals surface area contributed by atoms with Crippen LogP contribution >= 0.6 is 11.6 Å². The van der Waals surface area contributed by atoms with Gasteiger partial charge in [0.1, 0.15) is 0 Å². The second-order valence-corrected chi connectivity index (χ2v) is 7.16. The molecule has 0 atom stereocenters. The second-order valence-electron chi connectivity index (χ2n) is 6.72. The van der Waals surface area contributed by atoms with E-state index in [1.54, 1.807) is 19.2 Å². The minimum absolute atomic E-state index is 0.0219. The highest BCUT2D eigenvalue weighted by Gasteiger charge is 2.40. The van der Waals surface area contributed by atoms with E-state index in [0.29, 0.717) is 23.7 Å². The van der Waals surface area contributed by atoms with E-state index in [9.17, 15) is 4.79 Å². The highest BCUT2D eigenvalue weighted by Crippen LogP contribution is 2.30. The zero-order valence-corrected chi connectivity index (χ0v) is 14.0. The molecule has 0 bridgehead atoms. The average Bonchev–Trinajstić information content (AvgIpc) is 2.34. The molecule has 0 aromatic heterocycles.